The third kappa shape index (κ3) is 9.66. The summed E-state index contributed by atoms with van der Waals surface area (Å²) in [6, 6.07) is 0. The van der Waals surface area contributed by atoms with Gasteiger partial charge in [-0.1, -0.05) is 12.2 Å². The van der Waals surface area contributed by atoms with E-state index in [1.807, 2.05) is 19.1 Å². The molecule has 0 bridgehead atoms. The molecule has 0 amide bonds. The van der Waals surface area contributed by atoms with E-state index in [0.29, 0.717) is 6.61 Å². The molecule has 0 unspecified atom stereocenters. The van der Waals surface area contributed by atoms with Crippen LogP contribution >= 0.6 is 0 Å². The van der Waals surface area contributed by atoms with E-state index in [2.05, 4.69) is 0 Å². The van der Waals surface area contributed by atoms with E-state index >= 15 is 0 Å². The van der Waals surface area contributed by atoms with Crippen molar-refractivity contribution in [3.05, 3.63) is 12.2 Å². The number of hydrogen-bond donors (Lipinski definition) is 1. The molecule has 0 aliphatic rings. The second kappa shape index (κ2) is 9.66. The summed E-state index contributed by atoms with van der Waals surface area (Å²) in [5, 5.41) is 8.46. The van der Waals surface area contributed by atoms with E-state index < -0.39 is 0 Å². The number of unbranched alkanes of at least 4 members (excludes halogenated alkanes) is 2. The van der Waals surface area contributed by atoms with Crippen LogP contribution < -0.4 is 0 Å². The first-order valence-corrected chi connectivity index (χ1v) is 4.21. The van der Waals surface area contributed by atoms with Crippen LogP contribution in [0.25, 0.3) is 0 Å². The number of aliphatic hydroxyl groups excluding tert-OH is 1. The Hall–Kier alpha value is -0.340. The summed E-state index contributed by atoms with van der Waals surface area (Å²) in [5.41, 5.74) is 0. The zero-order valence-corrected chi connectivity index (χ0v) is 7.25. The molecule has 11 heavy (non-hydrogen) atoms. The van der Waals surface area contributed by atoms with Gasteiger partial charge in [-0.3, -0.25) is 0 Å². The first-order chi connectivity index (χ1) is 5.41. The fraction of sp³-hybridized carbons (Fsp3) is 0.778. The molecule has 0 aromatic heterocycles. The van der Waals surface area contributed by atoms with E-state index in [-0.39, 0.29) is 0 Å². The van der Waals surface area contributed by atoms with Crippen LogP contribution in [0.5, 0.6) is 0 Å². The Balaban J connectivity index is 2.79. The minimum atomic E-state index is 0.300. The van der Waals surface area contributed by atoms with Crippen LogP contribution in [-0.4, -0.2) is 24.9 Å². The molecule has 66 valence electrons. The molecular weight excluding hydrogens is 140 g/mol. The maximum atomic E-state index is 8.46. The number of ether oxygens (including phenoxy) is 1. The molecule has 0 aliphatic heterocycles. The molecule has 2 nitrogen and oxygen atoms in total. The maximum Gasteiger partial charge on any atom is 0.0647 e. The summed E-state index contributed by atoms with van der Waals surface area (Å²) in [6.45, 7) is 3.81. The van der Waals surface area contributed by atoms with Crippen LogP contribution in [0.1, 0.15) is 26.2 Å². The Labute approximate surface area is 68.9 Å². The van der Waals surface area contributed by atoms with Crippen LogP contribution in [0.15, 0.2) is 12.2 Å². The fourth-order valence-electron chi connectivity index (χ4n) is 0.740. The van der Waals surface area contributed by atoms with Gasteiger partial charge in [0, 0.05) is 13.2 Å². The van der Waals surface area contributed by atoms with E-state index in [1.54, 1.807) is 0 Å². The molecule has 0 aliphatic carbocycles. The van der Waals surface area contributed by atoms with Crippen molar-refractivity contribution >= 4 is 0 Å². The van der Waals surface area contributed by atoms with Gasteiger partial charge in [0.15, 0.2) is 0 Å². The SMILES string of the molecule is CC=CCOCCCCCO. The highest BCUT2D eigenvalue weighted by Gasteiger charge is 1.86. The van der Waals surface area contributed by atoms with Gasteiger partial charge in [-0.05, 0) is 26.2 Å². The lowest BCUT2D eigenvalue weighted by atomic mass is 10.2. The Morgan fingerprint density at radius 3 is 2.73 bits per heavy atom. The summed E-state index contributed by atoms with van der Waals surface area (Å²) < 4.78 is 5.25. The van der Waals surface area contributed by atoms with Gasteiger partial charge < -0.3 is 9.84 Å². The summed E-state index contributed by atoms with van der Waals surface area (Å²) in [6.07, 6.45) is 6.98. The van der Waals surface area contributed by atoms with E-state index in [1.165, 1.54) is 0 Å². The molecule has 2 heteroatoms. The van der Waals surface area contributed by atoms with Gasteiger partial charge in [-0.25, -0.2) is 0 Å². The number of rotatable bonds is 7. The quantitative estimate of drug-likeness (QED) is 0.452. The van der Waals surface area contributed by atoms with Crippen molar-refractivity contribution < 1.29 is 9.84 Å². The molecule has 0 rings (SSSR count). The summed E-state index contributed by atoms with van der Waals surface area (Å²) >= 11 is 0. The van der Waals surface area contributed by atoms with Crippen molar-refractivity contribution in [1.29, 1.82) is 0 Å². The van der Waals surface area contributed by atoms with Gasteiger partial charge in [0.1, 0.15) is 0 Å². The van der Waals surface area contributed by atoms with Gasteiger partial charge >= 0.3 is 0 Å². The Morgan fingerprint density at radius 2 is 2.09 bits per heavy atom. The zero-order chi connectivity index (χ0) is 8.36. The second-order valence-electron chi connectivity index (χ2n) is 2.43. The average molecular weight is 158 g/mol. The monoisotopic (exact) mass is 158 g/mol. The highest BCUT2D eigenvalue weighted by atomic mass is 16.5. The van der Waals surface area contributed by atoms with Gasteiger partial charge in [-0.2, -0.15) is 0 Å². The summed E-state index contributed by atoms with van der Waals surface area (Å²) in [7, 11) is 0. The molecule has 0 aromatic rings. The highest BCUT2D eigenvalue weighted by Crippen LogP contribution is 1.94. The minimum absolute atomic E-state index is 0.300. The standard InChI is InChI=1S/C9H18O2/c1-2-3-8-11-9-6-4-5-7-10/h2-3,10H,4-9H2,1H3. The molecule has 0 heterocycles. The van der Waals surface area contributed by atoms with Crippen molar-refractivity contribution in [3.63, 3.8) is 0 Å². The molecule has 0 spiro atoms. The van der Waals surface area contributed by atoms with Crippen LogP contribution in [0.3, 0.4) is 0 Å². The number of allylic oxidation sites excluding steroid dienone is 1. The smallest absolute Gasteiger partial charge is 0.0647 e. The minimum Gasteiger partial charge on any atom is -0.396 e. The Bertz CT molecular complexity index is 89.6. The lowest BCUT2D eigenvalue weighted by Crippen LogP contribution is -1.94. The van der Waals surface area contributed by atoms with Crippen molar-refractivity contribution in [2.24, 2.45) is 0 Å². The van der Waals surface area contributed by atoms with E-state index in [9.17, 15) is 0 Å². The van der Waals surface area contributed by atoms with Gasteiger partial charge in [-0.15, -0.1) is 0 Å². The first kappa shape index (κ1) is 10.7. The van der Waals surface area contributed by atoms with Crippen LogP contribution in [0.2, 0.25) is 0 Å². The fourth-order valence-corrected chi connectivity index (χ4v) is 0.740. The van der Waals surface area contributed by atoms with E-state index in [4.69, 9.17) is 9.84 Å². The Morgan fingerprint density at radius 1 is 1.27 bits per heavy atom. The molecule has 0 aromatic carbocycles. The number of hydrogen-bond acceptors (Lipinski definition) is 2. The largest absolute Gasteiger partial charge is 0.396 e. The van der Waals surface area contributed by atoms with Crippen molar-refractivity contribution in [2.75, 3.05) is 19.8 Å². The normalized spacial score (nSPS) is 11.1. The van der Waals surface area contributed by atoms with Crippen LogP contribution in [0, 0.1) is 0 Å². The molecule has 0 saturated heterocycles. The molecule has 0 radical (unpaired) electrons. The van der Waals surface area contributed by atoms with Crippen LogP contribution in [-0.2, 0) is 4.74 Å². The molecule has 0 atom stereocenters. The topological polar surface area (TPSA) is 29.5 Å². The van der Waals surface area contributed by atoms with Crippen LogP contribution in [0.4, 0.5) is 0 Å². The van der Waals surface area contributed by atoms with Crippen molar-refractivity contribution in [2.45, 2.75) is 26.2 Å². The van der Waals surface area contributed by atoms with Crippen molar-refractivity contribution in [3.8, 4) is 0 Å². The second-order valence-corrected chi connectivity index (χ2v) is 2.43. The summed E-state index contributed by atoms with van der Waals surface area (Å²) in [5.74, 6) is 0. The highest BCUT2D eigenvalue weighted by molar-refractivity contribution is 4.75. The molecule has 0 saturated carbocycles. The predicted molar refractivity (Wildman–Crippen MR) is 46.6 cm³/mol. The van der Waals surface area contributed by atoms with Gasteiger partial charge in [0.25, 0.3) is 0 Å². The third-order valence-corrected chi connectivity index (χ3v) is 1.40. The van der Waals surface area contributed by atoms with Crippen molar-refractivity contribution in [1.82, 2.24) is 0 Å². The van der Waals surface area contributed by atoms with Gasteiger partial charge in [0.05, 0.1) is 6.61 Å². The first-order valence-electron chi connectivity index (χ1n) is 4.21. The van der Waals surface area contributed by atoms with E-state index in [0.717, 1.165) is 32.5 Å². The molecule has 1 N–H and O–H groups in total. The van der Waals surface area contributed by atoms with Gasteiger partial charge in [0.2, 0.25) is 0 Å². The average Bonchev–Trinajstić information content (AvgIpc) is 2.03. The third-order valence-electron chi connectivity index (χ3n) is 1.40. The Kier molecular flexibility index (Phi) is 9.36. The summed E-state index contributed by atoms with van der Waals surface area (Å²) in [4.78, 5) is 0. The zero-order valence-electron chi connectivity index (χ0n) is 7.25. The number of aliphatic hydroxyl groups is 1. The lowest BCUT2D eigenvalue weighted by Gasteiger charge is -1.99. The maximum absolute atomic E-state index is 8.46. The lowest BCUT2D eigenvalue weighted by molar-refractivity contribution is 0.155. The molecular formula is C9H18O2. The predicted octanol–water partition coefficient (Wildman–Crippen LogP) is 1.74. The molecule has 0 fully saturated rings.